The van der Waals surface area contributed by atoms with Gasteiger partial charge in [0, 0.05) is 5.56 Å². The number of halogens is 1. The molecule has 0 bridgehead atoms. The molecule has 1 N–H and O–H groups in total. The number of hydrogen-bond donors (Lipinski definition) is 1. The van der Waals surface area contributed by atoms with Crippen molar-refractivity contribution in [1.82, 2.24) is 0 Å². The molecule has 0 aliphatic heterocycles. The molecule has 22 heavy (non-hydrogen) atoms. The van der Waals surface area contributed by atoms with Gasteiger partial charge in [0.05, 0.1) is 10.7 Å². The van der Waals surface area contributed by atoms with E-state index in [1.807, 2.05) is 30.3 Å². The van der Waals surface area contributed by atoms with Gasteiger partial charge in [0.1, 0.15) is 0 Å². The second-order valence-corrected chi connectivity index (χ2v) is 5.95. The third-order valence-corrected chi connectivity index (χ3v) is 4.57. The molecule has 1 aliphatic rings. The number of anilines is 1. The lowest BCUT2D eigenvalue weighted by atomic mass is 9.99. The van der Waals surface area contributed by atoms with Gasteiger partial charge >= 0.3 is 0 Å². The highest BCUT2D eigenvalue weighted by molar-refractivity contribution is 6.34. The molecule has 0 saturated carbocycles. The normalized spacial score (nSPS) is 12.6. The molecule has 3 heteroatoms. The number of aryl methyl sites for hydroxylation is 2. The van der Waals surface area contributed by atoms with Crippen LogP contribution in [0.1, 0.15) is 21.5 Å². The zero-order valence-electron chi connectivity index (χ0n) is 11.9. The minimum atomic E-state index is -0.122. The van der Waals surface area contributed by atoms with E-state index in [0.29, 0.717) is 16.3 Å². The number of amides is 1. The van der Waals surface area contributed by atoms with Gasteiger partial charge in [-0.1, -0.05) is 48.0 Å². The van der Waals surface area contributed by atoms with Crippen molar-refractivity contribution >= 4 is 34.0 Å². The molecule has 0 aromatic heterocycles. The number of carbonyl (C=O) groups is 1. The Hall–Kier alpha value is -2.32. The molecule has 0 atom stereocenters. The summed E-state index contributed by atoms with van der Waals surface area (Å²) in [6, 6.07) is 17.5. The molecule has 0 unspecified atom stereocenters. The first-order valence-corrected chi connectivity index (χ1v) is 7.71. The summed E-state index contributed by atoms with van der Waals surface area (Å²) in [5.41, 5.74) is 4.00. The van der Waals surface area contributed by atoms with Crippen LogP contribution in [0.25, 0.3) is 10.8 Å². The van der Waals surface area contributed by atoms with E-state index in [-0.39, 0.29) is 5.91 Å². The van der Waals surface area contributed by atoms with Gasteiger partial charge < -0.3 is 5.32 Å². The van der Waals surface area contributed by atoms with Crippen LogP contribution in [0.15, 0.2) is 54.6 Å². The first-order chi connectivity index (χ1) is 10.7. The van der Waals surface area contributed by atoms with Crippen molar-refractivity contribution in [3.63, 3.8) is 0 Å². The number of para-hydroxylation sites is 1. The summed E-state index contributed by atoms with van der Waals surface area (Å²) in [5.74, 6) is -0.122. The van der Waals surface area contributed by atoms with E-state index in [1.165, 1.54) is 16.5 Å². The molecule has 0 saturated heterocycles. The van der Waals surface area contributed by atoms with E-state index in [0.717, 1.165) is 18.2 Å². The molecule has 0 heterocycles. The topological polar surface area (TPSA) is 29.1 Å². The van der Waals surface area contributed by atoms with E-state index < -0.39 is 0 Å². The Morgan fingerprint density at radius 2 is 1.68 bits per heavy atom. The van der Waals surface area contributed by atoms with Gasteiger partial charge in [-0.05, 0) is 52.9 Å². The van der Waals surface area contributed by atoms with Crippen LogP contribution in [0.3, 0.4) is 0 Å². The maximum Gasteiger partial charge on any atom is 0.256 e. The van der Waals surface area contributed by atoms with Crippen LogP contribution in [0.4, 0.5) is 5.69 Å². The number of hydrogen-bond acceptors (Lipinski definition) is 1. The third kappa shape index (κ3) is 2.08. The zero-order valence-corrected chi connectivity index (χ0v) is 12.7. The Labute approximate surface area is 133 Å². The van der Waals surface area contributed by atoms with E-state index in [1.54, 1.807) is 12.1 Å². The van der Waals surface area contributed by atoms with Gasteiger partial charge in [0.15, 0.2) is 0 Å². The fourth-order valence-corrected chi connectivity index (χ4v) is 3.38. The van der Waals surface area contributed by atoms with Crippen molar-refractivity contribution in [2.75, 3.05) is 5.32 Å². The summed E-state index contributed by atoms with van der Waals surface area (Å²) in [4.78, 5) is 12.7. The van der Waals surface area contributed by atoms with Gasteiger partial charge in [-0.2, -0.15) is 0 Å². The Balaban J connectivity index is 1.79. The fourth-order valence-electron chi connectivity index (χ4n) is 3.20. The van der Waals surface area contributed by atoms with Crippen molar-refractivity contribution in [1.29, 1.82) is 0 Å². The van der Waals surface area contributed by atoms with E-state index in [2.05, 4.69) is 17.4 Å². The van der Waals surface area contributed by atoms with Gasteiger partial charge in [-0.15, -0.1) is 0 Å². The van der Waals surface area contributed by atoms with Crippen LogP contribution in [-0.4, -0.2) is 5.91 Å². The maximum atomic E-state index is 12.7. The number of benzene rings is 3. The van der Waals surface area contributed by atoms with Crippen LogP contribution in [0.2, 0.25) is 5.02 Å². The summed E-state index contributed by atoms with van der Waals surface area (Å²) >= 11 is 6.12. The smallest absolute Gasteiger partial charge is 0.256 e. The molecule has 4 rings (SSSR count). The van der Waals surface area contributed by atoms with Gasteiger partial charge in [0.25, 0.3) is 5.91 Å². The highest BCUT2D eigenvalue weighted by Gasteiger charge is 2.19. The summed E-state index contributed by atoms with van der Waals surface area (Å²) in [6.07, 6.45) is 2.12. The van der Waals surface area contributed by atoms with Crippen molar-refractivity contribution in [2.24, 2.45) is 0 Å². The van der Waals surface area contributed by atoms with Crippen LogP contribution < -0.4 is 5.32 Å². The molecule has 108 valence electrons. The van der Waals surface area contributed by atoms with Crippen molar-refractivity contribution in [3.05, 3.63) is 76.3 Å². The molecule has 0 spiro atoms. The molecule has 3 aromatic rings. The summed E-state index contributed by atoms with van der Waals surface area (Å²) in [5, 5.41) is 5.72. The average Bonchev–Trinajstić information content (AvgIpc) is 2.95. The average molecular weight is 308 g/mol. The quantitative estimate of drug-likeness (QED) is 0.721. The lowest BCUT2D eigenvalue weighted by molar-refractivity contribution is 0.102. The molecular weight excluding hydrogens is 294 g/mol. The lowest BCUT2D eigenvalue weighted by Gasteiger charge is -2.10. The van der Waals surface area contributed by atoms with Crippen LogP contribution >= 0.6 is 11.6 Å². The highest BCUT2D eigenvalue weighted by atomic mass is 35.5. The van der Waals surface area contributed by atoms with Crippen LogP contribution in [-0.2, 0) is 12.8 Å². The molecule has 0 fully saturated rings. The van der Waals surface area contributed by atoms with Gasteiger partial charge in [0.2, 0.25) is 0 Å². The minimum Gasteiger partial charge on any atom is -0.321 e. The molecule has 3 aromatic carbocycles. The van der Waals surface area contributed by atoms with Gasteiger partial charge in [-0.3, -0.25) is 4.79 Å². The summed E-state index contributed by atoms with van der Waals surface area (Å²) < 4.78 is 0. The minimum absolute atomic E-state index is 0.122. The van der Waals surface area contributed by atoms with Crippen LogP contribution in [0.5, 0.6) is 0 Å². The molecule has 0 radical (unpaired) electrons. The van der Waals surface area contributed by atoms with Crippen molar-refractivity contribution in [3.8, 4) is 0 Å². The van der Waals surface area contributed by atoms with Crippen LogP contribution in [0, 0.1) is 0 Å². The number of carbonyl (C=O) groups excluding carboxylic acids is 1. The SMILES string of the molecule is O=C(Nc1ccccc1Cl)c1ccc2c3c(cccc13)CC2. The third-order valence-electron chi connectivity index (χ3n) is 4.24. The van der Waals surface area contributed by atoms with Crippen molar-refractivity contribution < 1.29 is 4.79 Å². The Morgan fingerprint density at radius 1 is 0.909 bits per heavy atom. The standard InChI is InChI=1S/C19H14ClNO/c20-16-6-1-2-7-17(16)21-19(22)15-11-10-13-9-8-12-4-3-5-14(15)18(12)13/h1-7,10-11H,8-9H2,(H,21,22). The first kappa shape index (κ1) is 13.4. The molecule has 2 nitrogen and oxygen atoms in total. The maximum absolute atomic E-state index is 12.7. The Bertz CT molecular complexity index is 891. The predicted molar refractivity (Wildman–Crippen MR) is 90.8 cm³/mol. The fraction of sp³-hybridized carbons (Fsp3) is 0.105. The largest absolute Gasteiger partial charge is 0.321 e. The second kappa shape index (κ2) is 5.15. The number of nitrogens with one attached hydrogen (secondary N) is 1. The summed E-state index contributed by atoms with van der Waals surface area (Å²) in [7, 11) is 0. The number of rotatable bonds is 2. The van der Waals surface area contributed by atoms with E-state index >= 15 is 0 Å². The first-order valence-electron chi connectivity index (χ1n) is 7.33. The predicted octanol–water partition coefficient (Wildman–Crippen LogP) is 4.84. The Kier molecular flexibility index (Phi) is 3.12. The monoisotopic (exact) mass is 307 g/mol. The highest BCUT2D eigenvalue weighted by Crippen LogP contribution is 2.33. The lowest BCUT2D eigenvalue weighted by Crippen LogP contribution is -2.12. The van der Waals surface area contributed by atoms with Crippen molar-refractivity contribution in [2.45, 2.75) is 12.8 Å². The second-order valence-electron chi connectivity index (χ2n) is 5.55. The summed E-state index contributed by atoms with van der Waals surface area (Å²) in [6.45, 7) is 0. The molecular formula is C19H14ClNO. The van der Waals surface area contributed by atoms with Gasteiger partial charge in [-0.25, -0.2) is 0 Å². The Morgan fingerprint density at radius 3 is 2.50 bits per heavy atom. The molecule has 1 aliphatic carbocycles. The molecule has 1 amide bonds. The zero-order chi connectivity index (χ0) is 15.1. The van der Waals surface area contributed by atoms with E-state index in [9.17, 15) is 4.79 Å². The van der Waals surface area contributed by atoms with E-state index in [4.69, 9.17) is 11.6 Å².